The molecule has 2 aliphatic rings. The number of carbonyl (C=O) groups excluding carboxylic acids is 2. The van der Waals surface area contributed by atoms with Crippen LogP contribution >= 0.6 is 35.1 Å². The van der Waals surface area contributed by atoms with Gasteiger partial charge in [-0.05, 0) is 17.1 Å². The lowest BCUT2D eigenvalue weighted by molar-refractivity contribution is -0.150. The van der Waals surface area contributed by atoms with Gasteiger partial charge in [-0.3, -0.25) is 14.5 Å². The Morgan fingerprint density at radius 2 is 2.06 bits per heavy atom. The van der Waals surface area contributed by atoms with Crippen LogP contribution in [-0.4, -0.2) is 75.2 Å². The predicted octanol–water partition coefficient (Wildman–Crippen LogP) is -0.702. The molecule has 2 atom stereocenters. The first-order valence-corrected chi connectivity index (χ1v) is 12.2. The number of nitrogen functional groups attached to an aromatic ring is 3. The third kappa shape index (κ3) is 4.84. The Kier molecular flexibility index (Phi) is 6.76. The molecule has 0 bridgehead atoms. The summed E-state index contributed by atoms with van der Waals surface area (Å²) >= 11 is 3.20. The molecule has 2 aliphatic heterocycles. The SMILES string of the molecule is Nc1cc(S/C=C/C2=C(C(=O)O)N3C(=O)[C@@H](NC(=O)/C(=N/O)c4nsc(N)n4)[C@H]3SC2)nc(N)n1. The van der Waals surface area contributed by atoms with Crippen LogP contribution in [0.4, 0.5) is 16.9 Å². The number of carboxylic acids is 1. The molecule has 15 nitrogen and oxygen atoms in total. The first-order valence-electron chi connectivity index (χ1n) is 9.46. The van der Waals surface area contributed by atoms with E-state index in [2.05, 4.69) is 29.8 Å². The molecule has 0 aliphatic carbocycles. The van der Waals surface area contributed by atoms with Gasteiger partial charge in [0.15, 0.2) is 5.13 Å². The number of thioether (sulfide) groups is 2. The summed E-state index contributed by atoms with van der Waals surface area (Å²) in [5.74, 6) is -2.59. The molecule has 9 N–H and O–H groups in total. The van der Waals surface area contributed by atoms with Crippen molar-refractivity contribution in [2.24, 2.45) is 5.16 Å². The fraction of sp³-hybridized carbons (Fsp3) is 0.176. The van der Waals surface area contributed by atoms with Crippen molar-refractivity contribution in [3.05, 3.63) is 34.6 Å². The molecule has 0 spiro atoms. The van der Waals surface area contributed by atoms with E-state index in [0.717, 1.165) is 28.2 Å². The lowest BCUT2D eigenvalue weighted by atomic mass is 10.0. The molecular formula is C17H16N10O5S3. The summed E-state index contributed by atoms with van der Waals surface area (Å²) in [6.07, 6.45) is 1.56. The third-order valence-electron chi connectivity index (χ3n) is 4.65. The first kappa shape index (κ1) is 24.2. The zero-order chi connectivity index (χ0) is 25.3. The second-order valence-electron chi connectivity index (χ2n) is 6.85. The standard InChI is InChI=1S/C17H16N10O5S3/c18-6-3-7(22-16(19)21-6)33-2-1-5-4-34-14-9(13(29)27(14)10(5)15(30)31)23-12(28)8(25-32)11-24-17(20)35-26-11/h1-3,9,14,32H,4H2,(H,23,28)(H,30,31)(H2,20,24,26)(H4,18,19,21,22)/b2-1+,25-8+/t9-,14-/m1/s1. The van der Waals surface area contributed by atoms with Gasteiger partial charge in [0.05, 0.1) is 0 Å². The maximum absolute atomic E-state index is 12.8. The first-order chi connectivity index (χ1) is 16.7. The number of amides is 2. The van der Waals surface area contributed by atoms with Gasteiger partial charge in [-0.2, -0.15) is 14.3 Å². The van der Waals surface area contributed by atoms with E-state index >= 15 is 0 Å². The van der Waals surface area contributed by atoms with E-state index in [1.807, 2.05) is 0 Å². The minimum Gasteiger partial charge on any atom is -0.477 e. The molecule has 1 saturated heterocycles. The lowest BCUT2D eigenvalue weighted by Gasteiger charge is -2.49. The van der Waals surface area contributed by atoms with E-state index in [4.69, 9.17) is 17.2 Å². The number of nitrogens with two attached hydrogens (primary N) is 3. The van der Waals surface area contributed by atoms with E-state index < -0.39 is 34.9 Å². The van der Waals surface area contributed by atoms with E-state index in [1.54, 1.807) is 11.5 Å². The molecule has 2 amide bonds. The molecule has 2 aromatic rings. The number of nitrogens with zero attached hydrogens (tertiary/aromatic N) is 6. The summed E-state index contributed by atoms with van der Waals surface area (Å²) in [7, 11) is 0. The molecule has 1 fully saturated rings. The number of fused-ring (bicyclic) bond motifs is 1. The molecule has 0 aromatic carbocycles. The van der Waals surface area contributed by atoms with Gasteiger partial charge in [-0.1, -0.05) is 16.9 Å². The number of nitrogens with one attached hydrogen (secondary N) is 1. The number of hydrogen-bond donors (Lipinski definition) is 6. The Morgan fingerprint density at radius 1 is 1.29 bits per heavy atom. The van der Waals surface area contributed by atoms with Crippen LogP contribution in [0.5, 0.6) is 0 Å². The number of aromatic nitrogens is 4. The van der Waals surface area contributed by atoms with Gasteiger partial charge in [0.1, 0.15) is 28.0 Å². The number of aliphatic carboxylic acids is 1. The Labute approximate surface area is 208 Å². The Bertz CT molecular complexity index is 1290. The molecule has 182 valence electrons. The summed E-state index contributed by atoms with van der Waals surface area (Å²) in [4.78, 5) is 50.0. The summed E-state index contributed by atoms with van der Waals surface area (Å²) < 4.78 is 3.80. The van der Waals surface area contributed by atoms with Crippen molar-refractivity contribution < 1.29 is 24.7 Å². The quantitative estimate of drug-likeness (QED) is 0.0639. The number of rotatable bonds is 7. The minimum absolute atomic E-state index is 0.00472. The van der Waals surface area contributed by atoms with E-state index in [9.17, 15) is 24.7 Å². The second kappa shape index (κ2) is 9.76. The number of oxime groups is 1. The highest BCUT2D eigenvalue weighted by Crippen LogP contribution is 2.41. The van der Waals surface area contributed by atoms with Gasteiger partial charge in [-0.15, -0.1) is 11.8 Å². The van der Waals surface area contributed by atoms with Crippen LogP contribution in [-0.2, 0) is 14.4 Å². The highest BCUT2D eigenvalue weighted by atomic mass is 32.2. The normalized spacial score (nSPS) is 20.1. The highest BCUT2D eigenvalue weighted by Gasteiger charge is 2.54. The van der Waals surface area contributed by atoms with Crippen LogP contribution in [0.25, 0.3) is 0 Å². The number of carbonyl (C=O) groups is 3. The monoisotopic (exact) mass is 536 g/mol. The smallest absolute Gasteiger partial charge is 0.352 e. The van der Waals surface area contributed by atoms with Crippen LogP contribution in [0.15, 0.2) is 39.0 Å². The average Bonchev–Trinajstić information content (AvgIpc) is 3.22. The van der Waals surface area contributed by atoms with E-state index in [-0.39, 0.29) is 34.2 Å². The molecule has 2 aromatic heterocycles. The molecule has 4 heterocycles. The molecule has 18 heteroatoms. The fourth-order valence-corrected chi connectivity index (χ4v) is 5.67. The van der Waals surface area contributed by atoms with E-state index in [0.29, 0.717) is 10.6 Å². The Morgan fingerprint density at radius 3 is 2.69 bits per heavy atom. The van der Waals surface area contributed by atoms with Gasteiger partial charge < -0.3 is 32.8 Å². The number of β-lactam (4-membered cyclic amide) rings is 1. The van der Waals surface area contributed by atoms with Crippen LogP contribution in [0.1, 0.15) is 5.82 Å². The summed E-state index contributed by atoms with van der Waals surface area (Å²) in [6, 6.07) is 0.469. The number of carboxylic acid groups (broad SMARTS) is 1. The van der Waals surface area contributed by atoms with Crippen molar-refractivity contribution in [3.63, 3.8) is 0 Å². The van der Waals surface area contributed by atoms with Gasteiger partial charge in [-0.25, -0.2) is 9.78 Å². The summed E-state index contributed by atoms with van der Waals surface area (Å²) in [6.45, 7) is 0. The molecule has 0 unspecified atom stereocenters. The van der Waals surface area contributed by atoms with Crippen molar-refractivity contribution in [1.82, 2.24) is 29.5 Å². The maximum Gasteiger partial charge on any atom is 0.352 e. The van der Waals surface area contributed by atoms with Gasteiger partial charge in [0.2, 0.25) is 17.5 Å². The van der Waals surface area contributed by atoms with Crippen LogP contribution < -0.4 is 22.5 Å². The summed E-state index contributed by atoms with van der Waals surface area (Å²) in [5.41, 5.74) is 16.3. The third-order valence-corrected chi connectivity index (χ3v) is 7.22. The number of anilines is 3. The lowest BCUT2D eigenvalue weighted by Crippen LogP contribution is -2.71. The zero-order valence-corrected chi connectivity index (χ0v) is 19.8. The Hall–Kier alpha value is -3.90. The van der Waals surface area contributed by atoms with E-state index in [1.165, 1.54) is 17.8 Å². The average molecular weight is 537 g/mol. The van der Waals surface area contributed by atoms with Crippen molar-refractivity contribution >= 4 is 75.4 Å². The van der Waals surface area contributed by atoms with Crippen molar-refractivity contribution in [2.75, 3.05) is 23.0 Å². The van der Waals surface area contributed by atoms with Crippen molar-refractivity contribution in [1.29, 1.82) is 0 Å². The molecule has 0 radical (unpaired) electrons. The predicted molar refractivity (Wildman–Crippen MR) is 128 cm³/mol. The Balaban J connectivity index is 1.48. The van der Waals surface area contributed by atoms with Gasteiger partial charge in [0, 0.05) is 23.4 Å². The second-order valence-corrected chi connectivity index (χ2v) is 9.67. The van der Waals surface area contributed by atoms with Crippen LogP contribution in [0, 0.1) is 0 Å². The topological polar surface area (TPSA) is 249 Å². The van der Waals surface area contributed by atoms with Gasteiger partial charge in [0.25, 0.3) is 11.8 Å². The molecule has 35 heavy (non-hydrogen) atoms. The maximum atomic E-state index is 12.8. The van der Waals surface area contributed by atoms with Crippen LogP contribution in [0.3, 0.4) is 0 Å². The van der Waals surface area contributed by atoms with Crippen molar-refractivity contribution in [2.45, 2.75) is 16.4 Å². The van der Waals surface area contributed by atoms with Gasteiger partial charge >= 0.3 is 5.97 Å². The minimum atomic E-state index is -1.30. The summed E-state index contributed by atoms with van der Waals surface area (Å²) in [5, 5.41) is 25.7. The zero-order valence-electron chi connectivity index (χ0n) is 17.4. The van der Waals surface area contributed by atoms with Crippen LogP contribution in [0.2, 0.25) is 0 Å². The molecule has 4 rings (SSSR count). The highest BCUT2D eigenvalue weighted by molar-refractivity contribution is 8.02. The van der Waals surface area contributed by atoms with Crippen molar-refractivity contribution in [3.8, 4) is 0 Å². The number of hydrogen-bond acceptors (Lipinski definition) is 15. The molecule has 0 saturated carbocycles. The molecular weight excluding hydrogens is 520 g/mol. The number of allylic oxidation sites excluding steroid dienone is 1. The largest absolute Gasteiger partial charge is 0.477 e. The fourth-order valence-electron chi connectivity index (χ4n) is 3.21.